The highest BCUT2D eigenvalue weighted by molar-refractivity contribution is 5.81. The lowest BCUT2D eigenvalue weighted by molar-refractivity contribution is -0.134. The zero-order chi connectivity index (χ0) is 10.4. The van der Waals surface area contributed by atoms with E-state index >= 15 is 0 Å². The maximum absolute atomic E-state index is 10.9. The number of methoxy groups -OCH3 is 1. The highest BCUT2D eigenvalue weighted by atomic mass is 16.5. The minimum Gasteiger partial charge on any atom is -0.466 e. The molecule has 1 rings (SSSR count). The van der Waals surface area contributed by atoms with Crippen molar-refractivity contribution in [2.75, 3.05) is 14.2 Å². The second-order valence-corrected chi connectivity index (χ2v) is 3.80. The third-order valence-electron chi connectivity index (χ3n) is 2.80. The number of ether oxygens (including phenoxy) is 1. The molecule has 3 heteroatoms. The lowest BCUT2D eigenvalue weighted by Gasteiger charge is -2.29. The first-order chi connectivity index (χ1) is 6.74. The van der Waals surface area contributed by atoms with Gasteiger partial charge in [0.25, 0.3) is 0 Å². The van der Waals surface area contributed by atoms with Crippen LogP contribution in [0.25, 0.3) is 0 Å². The third-order valence-corrected chi connectivity index (χ3v) is 2.80. The second kappa shape index (κ2) is 5.68. The number of nitrogens with zero attached hydrogens (tertiary/aromatic N) is 1. The summed E-state index contributed by atoms with van der Waals surface area (Å²) in [5.74, 6) is -0.285. The summed E-state index contributed by atoms with van der Waals surface area (Å²) in [6, 6.07) is 0.602. The highest BCUT2D eigenvalue weighted by Crippen LogP contribution is 2.21. The zero-order valence-electron chi connectivity index (χ0n) is 9.03. The summed E-state index contributed by atoms with van der Waals surface area (Å²) in [6.07, 6.45) is 9.74. The molecule has 0 aromatic rings. The van der Waals surface area contributed by atoms with Crippen LogP contribution in [0.1, 0.15) is 32.1 Å². The van der Waals surface area contributed by atoms with Gasteiger partial charge in [-0.15, -0.1) is 0 Å². The summed E-state index contributed by atoms with van der Waals surface area (Å²) in [6.45, 7) is 0. The normalized spacial score (nSPS) is 18.4. The number of carbonyl (C=O) groups is 1. The van der Waals surface area contributed by atoms with Gasteiger partial charge in [-0.25, -0.2) is 4.79 Å². The van der Waals surface area contributed by atoms with E-state index in [1.807, 2.05) is 13.2 Å². The Morgan fingerprint density at radius 1 is 1.36 bits per heavy atom. The first-order valence-electron chi connectivity index (χ1n) is 5.22. The van der Waals surface area contributed by atoms with E-state index in [1.165, 1.54) is 45.3 Å². The molecule has 80 valence electrons. The molecule has 1 fully saturated rings. The van der Waals surface area contributed by atoms with Crippen molar-refractivity contribution < 1.29 is 9.53 Å². The molecule has 0 heterocycles. The fraction of sp³-hybridized carbons (Fsp3) is 0.727. The lowest BCUT2D eigenvalue weighted by Crippen LogP contribution is -2.29. The molecule has 3 nitrogen and oxygen atoms in total. The topological polar surface area (TPSA) is 29.5 Å². The zero-order valence-corrected chi connectivity index (χ0v) is 9.03. The Hall–Kier alpha value is -0.990. The van der Waals surface area contributed by atoms with Gasteiger partial charge in [0.2, 0.25) is 0 Å². The molecule has 0 atom stereocenters. The first-order valence-corrected chi connectivity index (χ1v) is 5.22. The molecule has 14 heavy (non-hydrogen) atoms. The van der Waals surface area contributed by atoms with E-state index in [1.54, 1.807) is 0 Å². The van der Waals surface area contributed by atoms with Crippen LogP contribution in [-0.4, -0.2) is 31.1 Å². The maximum Gasteiger partial charge on any atom is 0.331 e. The Kier molecular flexibility index (Phi) is 4.50. The number of hydrogen-bond acceptors (Lipinski definition) is 3. The predicted octanol–water partition coefficient (Wildman–Crippen LogP) is 1.94. The molecular formula is C11H19NO2. The maximum atomic E-state index is 10.9. The average molecular weight is 197 g/mol. The summed E-state index contributed by atoms with van der Waals surface area (Å²) in [5, 5.41) is 0. The van der Waals surface area contributed by atoms with Gasteiger partial charge in [0, 0.05) is 25.4 Å². The van der Waals surface area contributed by atoms with Crippen molar-refractivity contribution in [3.8, 4) is 0 Å². The Balaban J connectivity index is 2.35. The molecule has 0 aliphatic heterocycles. The molecule has 1 aliphatic rings. The SMILES string of the molecule is COC(=O)C=CN(C)C1CCCCC1. The van der Waals surface area contributed by atoms with E-state index < -0.39 is 0 Å². The smallest absolute Gasteiger partial charge is 0.331 e. The molecule has 0 aromatic carbocycles. The monoisotopic (exact) mass is 197 g/mol. The van der Waals surface area contributed by atoms with Crippen molar-refractivity contribution in [2.45, 2.75) is 38.1 Å². The Labute approximate surface area is 85.7 Å². The van der Waals surface area contributed by atoms with E-state index in [4.69, 9.17) is 0 Å². The van der Waals surface area contributed by atoms with Gasteiger partial charge in [0.1, 0.15) is 0 Å². The number of rotatable bonds is 3. The summed E-state index contributed by atoms with van der Waals surface area (Å²) in [7, 11) is 3.42. The predicted molar refractivity (Wildman–Crippen MR) is 55.8 cm³/mol. The van der Waals surface area contributed by atoms with Gasteiger partial charge in [-0.05, 0) is 12.8 Å². The summed E-state index contributed by atoms with van der Waals surface area (Å²) >= 11 is 0. The minimum atomic E-state index is -0.285. The van der Waals surface area contributed by atoms with Crippen LogP contribution in [0.2, 0.25) is 0 Å². The van der Waals surface area contributed by atoms with Crippen LogP contribution >= 0.6 is 0 Å². The van der Waals surface area contributed by atoms with Crippen LogP contribution in [0.4, 0.5) is 0 Å². The second-order valence-electron chi connectivity index (χ2n) is 3.80. The third kappa shape index (κ3) is 3.40. The van der Waals surface area contributed by atoms with Crippen molar-refractivity contribution in [1.82, 2.24) is 4.90 Å². The van der Waals surface area contributed by atoms with Gasteiger partial charge in [0.05, 0.1) is 7.11 Å². The number of hydrogen-bond donors (Lipinski definition) is 0. The summed E-state index contributed by atoms with van der Waals surface area (Å²) in [5.41, 5.74) is 0. The molecule has 0 amide bonds. The van der Waals surface area contributed by atoms with E-state index in [0.29, 0.717) is 6.04 Å². The molecule has 0 unspecified atom stereocenters. The van der Waals surface area contributed by atoms with Gasteiger partial charge in [-0.2, -0.15) is 0 Å². The van der Waals surface area contributed by atoms with Crippen molar-refractivity contribution in [2.24, 2.45) is 0 Å². The quantitative estimate of drug-likeness (QED) is 0.511. The minimum absolute atomic E-state index is 0.285. The molecule has 0 aromatic heterocycles. The van der Waals surface area contributed by atoms with Gasteiger partial charge in [-0.1, -0.05) is 19.3 Å². The summed E-state index contributed by atoms with van der Waals surface area (Å²) in [4.78, 5) is 13.0. The summed E-state index contributed by atoms with van der Waals surface area (Å²) < 4.78 is 4.54. The van der Waals surface area contributed by atoms with Crippen LogP contribution in [0.15, 0.2) is 12.3 Å². The van der Waals surface area contributed by atoms with E-state index in [-0.39, 0.29) is 5.97 Å². The van der Waals surface area contributed by atoms with Gasteiger partial charge < -0.3 is 9.64 Å². The van der Waals surface area contributed by atoms with Gasteiger partial charge >= 0.3 is 5.97 Å². The average Bonchev–Trinajstić information content (AvgIpc) is 2.26. The Morgan fingerprint density at radius 3 is 2.57 bits per heavy atom. The molecular weight excluding hydrogens is 178 g/mol. The molecule has 1 aliphatic carbocycles. The molecule has 0 bridgehead atoms. The first kappa shape index (κ1) is 11.1. The van der Waals surface area contributed by atoms with Gasteiger partial charge in [0.15, 0.2) is 0 Å². The molecule has 1 saturated carbocycles. The molecule has 0 spiro atoms. The highest BCUT2D eigenvalue weighted by Gasteiger charge is 2.15. The number of carbonyl (C=O) groups excluding carboxylic acids is 1. The fourth-order valence-electron chi connectivity index (χ4n) is 1.86. The molecule has 0 radical (unpaired) electrons. The van der Waals surface area contributed by atoms with Crippen molar-refractivity contribution in [3.63, 3.8) is 0 Å². The van der Waals surface area contributed by atoms with Crippen LogP contribution in [0.5, 0.6) is 0 Å². The van der Waals surface area contributed by atoms with Crippen molar-refractivity contribution in [3.05, 3.63) is 12.3 Å². The fourth-order valence-corrected chi connectivity index (χ4v) is 1.86. The number of esters is 1. The van der Waals surface area contributed by atoms with Crippen LogP contribution in [-0.2, 0) is 9.53 Å². The standard InChI is InChI=1S/C11H19NO2/c1-12(9-8-11(13)14-2)10-6-4-3-5-7-10/h8-10H,3-7H2,1-2H3. The lowest BCUT2D eigenvalue weighted by atomic mass is 9.95. The van der Waals surface area contributed by atoms with E-state index in [2.05, 4.69) is 9.64 Å². The Morgan fingerprint density at radius 2 is 2.00 bits per heavy atom. The van der Waals surface area contributed by atoms with Crippen LogP contribution in [0.3, 0.4) is 0 Å². The van der Waals surface area contributed by atoms with Gasteiger partial charge in [-0.3, -0.25) is 0 Å². The van der Waals surface area contributed by atoms with Crippen LogP contribution < -0.4 is 0 Å². The van der Waals surface area contributed by atoms with Crippen molar-refractivity contribution in [1.29, 1.82) is 0 Å². The largest absolute Gasteiger partial charge is 0.466 e. The van der Waals surface area contributed by atoms with Crippen LogP contribution in [0, 0.1) is 0 Å². The molecule has 0 saturated heterocycles. The van der Waals surface area contributed by atoms with E-state index in [0.717, 1.165) is 0 Å². The Bertz CT molecular complexity index is 207. The molecule has 0 N–H and O–H groups in total. The van der Waals surface area contributed by atoms with Crippen molar-refractivity contribution >= 4 is 5.97 Å². The van der Waals surface area contributed by atoms with E-state index in [9.17, 15) is 4.79 Å².